The van der Waals surface area contributed by atoms with Crippen LogP contribution in [0, 0.1) is 0 Å². The fourth-order valence-corrected chi connectivity index (χ4v) is 3.46. The lowest BCUT2D eigenvalue weighted by molar-refractivity contribution is 0.374. The van der Waals surface area contributed by atoms with Gasteiger partial charge < -0.3 is 15.2 Å². The molecule has 1 aromatic carbocycles. The smallest absolute Gasteiger partial charge is 0.240 e. The minimum Gasteiger partial charge on any atom is -0.363 e. The zero-order chi connectivity index (χ0) is 13.9. The van der Waals surface area contributed by atoms with Crippen LogP contribution in [-0.2, 0) is 13.1 Å². The summed E-state index contributed by atoms with van der Waals surface area (Å²) in [5.74, 6) is 1.19. The standard InChI is InChI=1S/C14H18N4OS.ClH/c1-10-6-7-18(9-13-16-14(8-15)19-17-13)11-4-2-3-5-12(11)20-10;/h2-5,10H,6-9,15H2,1H3;1H. The first-order chi connectivity index (χ1) is 9.76. The summed E-state index contributed by atoms with van der Waals surface area (Å²) in [5, 5.41) is 4.61. The van der Waals surface area contributed by atoms with Crippen LogP contribution in [0.4, 0.5) is 5.69 Å². The molecule has 1 atom stereocenters. The molecular formula is C14H19ClN4OS. The molecule has 5 nitrogen and oxygen atoms in total. The van der Waals surface area contributed by atoms with Crippen LogP contribution in [0.15, 0.2) is 33.7 Å². The highest BCUT2D eigenvalue weighted by atomic mass is 35.5. The van der Waals surface area contributed by atoms with Gasteiger partial charge in [-0.05, 0) is 18.6 Å². The van der Waals surface area contributed by atoms with Gasteiger partial charge >= 0.3 is 0 Å². The van der Waals surface area contributed by atoms with Crippen molar-refractivity contribution in [3.63, 3.8) is 0 Å². The summed E-state index contributed by atoms with van der Waals surface area (Å²) in [4.78, 5) is 7.93. The number of anilines is 1. The summed E-state index contributed by atoms with van der Waals surface area (Å²) in [5.41, 5.74) is 6.75. The van der Waals surface area contributed by atoms with E-state index < -0.39 is 0 Å². The van der Waals surface area contributed by atoms with E-state index in [9.17, 15) is 0 Å². The first kappa shape index (κ1) is 16.1. The Morgan fingerprint density at radius 2 is 2.24 bits per heavy atom. The van der Waals surface area contributed by atoms with Crippen LogP contribution in [0.1, 0.15) is 25.1 Å². The monoisotopic (exact) mass is 326 g/mol. The molecule has 1 aliphatic rings. The maximum Gasteiger partial charge on any atom is 0.240 e. The Balaban J connectivity index is 0.00000161. The van der Waals surface area contributed by atoms with E-state index in [2.05, 4.69) is 46.2 Å². The second-order valence-corrected chi connectivity index (χ2v) is 6.40. The average Bonchev–Trinajstić information content (AvgIpc) is 2.85. The number of hydrogen-bond donors (Lipinski definition) is 1. The fraction of sp³-hybridized carbons (Fsp3) is 0.429. The maximum atomic E-state index is 5.50. The number of nitrogens with zero attached hydrogens (tertiary/aromatic N) is 3. The Morgan fingerprint density at radius 1 is 1.43 bits per heavy atom. The van der Waals surface area contributed by atoms with E-state index in [1.54, 1.807) is 0 Å². The van der Waals surface area contributed by atoms with Crippen LogP contribution >= 0.6 is 24.2 Å². The second kappa shape index (κ2) is 7.15. The summed E-state index contributed by atoms with van der Waals surface area (Å²) < 4.78 is 5.08. The lowest BCUT2D eigenvalue weighted by atomic mass is 10.2. The lowest BCUT2D eigenvalue weighted by Gasteiger charge is -2.22. The van der Waals surface area contributed by atoms with Crippen molar-refractivity contribution in [2.75, 3.05) is 11.4 Å². The molecule has 2 aromatic rings. The molecule has 21 heavy (non-hydrogen) atoms. The number of benzene rings is 1. The third kappa shape index (κ3) is 3.70. The SMILES string of the molecule is CC1CCN(Cc2noc(CN)n2)c2ccccc2S1.Cl. The van der Waals surface area contributed by atoms with E-state index in [0.29, 0.717) is 23.5 Å². The van der Waals surface area contributed by atoms with Crippen LogP contribution in [0.2, 0.25) is 0 Å². The van der Waals surface area contributed by atoms with Crippen molar-refractivity contribution in [2.24, 2.45) is 5.73 Å². The van der Waals surface area contributed by atoms with E-state index in [0.717, 1.165) is 13.0 Å². The van der Waals surface area contributed by atoms with Crippen molar-refractivity contribution in [3.8, 4) is 0 Å². The Morgan fingerprint density at radius 3 is 3.00 bits per heavy atom. The van der Waals surface area contributed by atoms with Gasteiger partial charge in [0.05, 0.1) is 18.8 Å². The van der Waals surface area contributed by atoms with Gasteiger partial charge in [0.15, 0.2) is 5.82 Å². The third-order valence-electron chi connectivity index (χ3n) is 3.36. The molecule has 0 saturated carbocycles. The Hall–Kier alpha value is -1.24. The molecule has 0 fully saturated rings. The predicted molar refractivity (Wildman–Crippen MR) is 86.9 cm³/mol. The molecule has 0 saturated heterocycles. The van der Waals surface area contributed by atoms with Gasteiger partial charge in [0.25, 0.3) is 0 Å². The topological polar surface area (TPSA) is 68.2 Å². The highest BCUT2D eigenvalue weighted by Gasteiger charge is 2.20. The molecule has 0 aliphatic carbocycles. The van der Waals surface area contributed by atoms with Crippen LogP contribution < -0.4 is 10.6 Å². The number of thioether (sulfide) groups is 1. The molecule has 2 N–H and O–H groups in total. The molecule has 1 aromatic heterocycles. The summed E-state index contributed by atoms with van der Waals surface area (Å²) in [6, 6.07) is 8.49. The summed E-state index contributed by atoms with van der Waals surface area (Å²) >= 11 is 1.93. The quantitative estimate of drug-likeness (QED) is 0.935. The van der Waals surface area contributed by atoms with Crippen molar-refractivity contribution >= 4 is 29.9 Å². The van der Waals surface area contributed by atoms with Crippen molar-refractivity contribution in [1.82, 2.24) is 10.1 Å². The van der Waals surface area contributed by atoms with Crippen molar-refractivity contribution in [1.29, 1.82) is 0 Å². The molecule has 7 heteroatoms. The zero-order valence-electron chi connectivity index (χ0n) is 11.9. The Labute approximate surface area is 134 Å². The van der Waals surface area contributed by atoms with Crippen molar-refractivity contribution in [2.45, 2.75) is 36.6 Å². The van der Waals surface area contributed by atoms with E-state index in [1.807, 2.05) is 11.8 Å². The van der Waals surface area contributed by atoms with E-state index in [-0.39, 0.29) is 19.0 Å². The van der Waals surface area contributed by atoms with E-state index >= 15 is 0 Å². The molecule has 3 rings (SSSR count). The van der Waals surface area contributed by atoms with E-state index in [4.69, 9.17) is 10.3 Å². The first-order valence-corrected chi connectivity index (χ1v) is 7.66. The number of nitrogens with two attached hydrogens (primary N) is 1. The highest BCUT2D eigenvalue weighted by molar-refractivity contribution is 8.00. The maximum absolute atomic E-state index is 5.50. The summed E-state index contributed by atoms with van der Waals surface area (Å²) in [6.45, 7) is 4.22. The number of halogens is 1. The molecular weight excluding hydrogens is 308 g/mol. The fourth-order valence-electron chi connectivity index (χ4n) is 2.32. The molecule has 0 radical (unpaired) electrons. The normalized spacial score (nSPS) is 17.8. The molecule has 0 bridgehead atoms. The lowest BCUT2D eigenvalue weighted by Crippen LogP contribution is -2.25. The van der Waals surface area contributed by atoms with Gasteiger partial charge in [0.1, 0.15) is 0 Å². The number of rotatable bonds is 3. The van der Waals surface area contributed by atoms with Gasteiger partial charge in [-0.25, -0.2) is 0 Å². The van der Waals surface area contributed by atoms with Gasteiger partial charge in [0.2, 0.25) is 5.89 Å². The summed E-state index contributed by atoms with van der Waals surface area (Å²) in [6.07, 6.45) is 1.14. The Kier molecular flexibility index (Phi) is 5.50. The van der Waals surface area contributed by atoms with E-state index in [1.165, 1.54) is 10.6 Å². The molecule has 0 spiro atoms. The number of hydrogen-bond acceptors (Lipinski definition) is 6. The van der Waals surface area contributed by atoms with Gasteiger partial charge in [-0.15, -0.1) is 24.2 Å². The number of para-hydroxylation sites is 1. The van der Waals surface area contributed by atoms with Gasteiger partial charge in [-0.2, -0.15) is 4.98 Å². The van der Waals surface area contributed by atoms with Crippen LogP contribution in [0.5, 0.6) is 0 Å². The largest absolute Gasteiger partial charge is 0.363 e. The zero-order valence-corrected chi connectivity index (χ0v) is 13.5. The van der Waals surface area contributed by atoms with Gasteiger partial charge in [-0.3, -0.25) is 0 Å². The van der Waals surface area contributed by atoms with Crippen LogP contribution in [0.25, 0.3) is 0 Å². The number of fused-ring (bicyclic) bond motifs is 1. The third-order valence-corrected chi connectivity index (χ3v) is 4.59. The minimum atomic E-state index is 0. The molecule has 1 aliphatic heterocycles. The molecule has 1 unspecified atom stereocenters. The first-order valence-electron chi connectivity index (χ1n) is 6.78. The van der Waals surface area contributed by atoms with Crippen LogP contribution in [-0.4, -0.2) is 21.9 Å². The molecule has 0 amide bonds. The van der Waals surface area contributed by atoms with Crippen LogP contribution in [0.3, 0.4) is 0 Å². The molecule has 2 heterocycles. The van der Waals surface area contributed by atoms with Crippen molar-refractivity contribution < 1.29 is 4.52 Å². The average molecular weight is 327 g/mol. The molecule has 114 valence electrons. The highest BCUT2D eigenvalue weighted by Crippen LogP contribution is 2.37. The second-order valence-electron chi connectivity index (χ2n) is 4.91. The number of aromatic nitrogens is 2. The van der Waals surface area contributed by atoms with Gasteiger partial charge in [-0.1, -0.05) is 24.2 Å². The minimum absolute atomic E-state index is 0. The van der Waals surface area contributed by atoms with Crippen molar-refractivity contribution in [3.05, 3.63) is 36.0 Å². The Bertz CT molecular complexity index is 592. The van der Waals surface area contributed by atoms with Gasteiger partial charge in [0, 0.05) is 16.7 Å². The summed E-state index contributed by atoms with van der Waals surface area (Å²) in [7, 11) is 0. The predicted octanol–water partition coefficient (Wildman–Crippen LogP) is 2.84.